The summed E-state index contributed by atoms with van der Waals surface area (Å²) in [6, 6.07) is 7.71. The molecule has 0 saturated heterocycles. The van der Waals surface area contributed by atoms with E-state index in [0.29, 0.717) is 40.3 Å². The van der Waals surface area contributed by atoms with Crippen LogP contribution in [0.2, 0.25) is 0 Å². The molecular weight excluding hydrogens is 435 g/mol. The molecule has 1 aromatic carbocycles. The van der Waals surface area contributed by atoms with E-state index in [2.05, 4.69) is 26.2 Å². The van der Waals surface area contributed by atoms with Crippen LogP contribution in [-0.4, -0.2) is 29.2 Å². The summed E-state index contributed by atoms with van der Waals surface area (Å²) in [7, 11) is 1.76. The number of alkyl halides is 1. The van der Waals surface area contributed by atoms with E-state index >= 15 is 0 Å². The van der Waals surface area contributed by atoms with Crippen molar-refractivity contribution in [2.75, 3.05) is 0 Å². The number of aryl methyl sites for hydroxylation is 1. The summed E-state index contributed by atoms with van der Waals surface area (Å²) < 4.78 is 22.2. The standard InChI is InChI=1S/C23H21FN6O2.C2H6/c1-12(24)13-4-3-5-14(6-13)15-7-16-17(8-15)19(16)21-27-18(32-28-21)9-30-11-26-22-20(23(30)31)29(2)10-25-22;1-2/h3-7,10-12,16-17,19H,8-9H2,1-2H3;1-2H3/t12?,16-,17+,19+;/m1./s1. The first-order valence-corrected chi connectivity index (χ1v) is 11.6. The summed E-state index contributed by atoms with van der Waals surface area (Å²) >= 11 is 0. The molecule has 3 heterocycles. The third-order valence-electron chi connectivity index (χ3n) is 6.58. The van der Waals surface area contributed by atoms with E-state index in [9.17, 15) is 9.18 Å². The van der Waals surface area contributed by atoms with Crippen LogP contribution in [-0.2, 0) is 13.6 Å². The summed E-state index contributed by atoms with van der Waals surface area (Å²) in [5.41, 5.74) is 3.70. The minimum Gasteiger partial charge on any atom is -0.337 e. The second kappa shape index (κ2) is 8.62. The third-order valence-corrected chi connectivity index (χ3v) is 6.58. The quantitative estimate of drug-likeness (QED) is 0.436. The summed E-state index contributed by atoms with van der Waals surface area (Å²) in [6.45, 7) is 5.72. The zero-order chi connectivity index (χ0) is 24.0. The van der Waals surface area contributed by atoms with Crippen LogP contribution in [0.3, 0.4) is 0 Å². The van der Waals surface area contributed by atoms with Gasteiger partial charge in [0.05, 0.1) is 6.33 Å². The van der Waals surface area contributed by atoms with Crippen LogP contribution in [0.15, 0.2) is 52.3 Å². The van der Waals surface area contributed by atoms with Gasteiger partial charge in [0.15, 0.2) is 17.0 Å². The van der Waals surface area contributed by atoms with E-state index in [1.807, 2.05) is 38.1 Å². The Balaban J connectivity index is 0.00000117. The van der Waals surface area contributed by atoms with E-state index in [1.54, 1.807) is 24.9 Å². The first-order valence-electron chi connectivity index (χ1n) is 11.6. The SMILES string of the molecule is CC.CC(F)c1cccc(C2=C[C@@H]3[C@H](C2)[C@H]3c2noc(Cn3cnc4ncn(C)c4c3=O)n2)c1. The third kappa shape index (κ3) is 3.74. The molecule has 0 N–H and O–H groups in total. The van der Waals surface area contributed by atoms with Crippen molar-refractivity contribution in [1.82, 2.24) is 29.2 Å². The normalized spacial score (nSPS) is 21.6. The molecule has 9 heteroatoms. The van der Waals surface area contributed by atoms with Crippen LogP contribution in [0.5, 0.6) is 0 Å². The van der Waals surface area contributed by atoms with E-state index in [0.717, 1.165) is 12.0 Å². The highest BCUT2D eigenvalue weighted by molar-refractivity contribution is 5.71. The number of allylic oxidation sites excluding steroid dienone is 2. The van der Waals surface area contributed by atoms with Crippen LogP contribution >= 0.6 is 0 Å². The Morgan fingerprint density at radius 2 is 2.03 bits per heavy atom. The van der Waals surface area contributed by atoms with Gasteiger partial charge in [-0.3, -0.25) is 9.36 Å². The van der Waals surface area contributed by atoms with Gasteiger partial charge in [0, 0.05) is 13.0 Å². The lowest BCUT2D eigenvalue weighted by Gasteiger charge is -2.09. The minimum absolute atomic E-state index is 0.164. The lowest BCUT2D eigenvalue weighted by molar-refractivity contribution is 0.364. The number of hydrogen-bond acceptors (Lipinski definition) is 6. The average Bonchev–Trinajstić information content (AvgIpc) is 3.25. The van der Waals surface area contributed by atoms with Crippen molar-refractivity contribution < 1.29 is 8.91 Å². The van der Waals surface area contributed by atoms with E-state index < -0.39 is 6.17 Å². The number of halogens is 1. The highest BCUT2D eigenvalue weighted by atomic mass is 19.1. The monoisotopic (exact) mass is 462 g/mol. The van der Waals surface area contributed by atoms with E-state index in [4.69, 9.17) is 4.52 Å². The maximum Gasteiger partial charge on any atom is 0.280 e. The number of nitrogens with zero attached hydrogens (tertiary/aromatic N) is 6. The Morgan fingerprint density at radius 1 is 1.24 bits per heavy atom. The highest BCUT2D eigenvalue weighted by Crippen LogP contribution is 2.62. The molecule has 2 aliphatic carbocycles. The zero-order valence-corrected chi connectivity index (χ0v) is 19.6. The second-order valence-corrected chi connectivity index (χ2v) is 8.66. The van der Waals surface area contributed by atoms with Crippen molar-refractivity contribution in [3.63, 3.8) is 0 Å². The smallest absolute Gasteiger partial charge is 0.280 e. The molecule has 6 rings (SSSR count). The van der Waals surface area contributed by atoms with Crippen molar-refractivity contribution in [2.45, 2.75) is 45.8 Å². The minimum atomic E-state index is -0.974. The van der Waals surface area contributed by atoms with Gasteiger partial charge in [-0.05, 0) is 47.9 Å². The van der Waals surface area contributed by atoms with Gasteiger partial charge < -0.3 is 9.09 Å². The number of aromatic nitrogens is 6. The van der Waals surface area contributed by atoms with Gasteiger partial charge in [-0.15, -0.1) is 0 Å². The molecule has 0 spiro atoms. The van der Waals surface area contributed by atoms with Gasteiger partial charge in [-0.25, -0.2) is 14.4 Å². The van der Waals surface area contributed by atoms with Gasteiger partial charge in [0.2, 0.25) is 5.89 Å². The number of benzene rings is 1. The molecule has 8 nitrogen and oxygen atoms in total. The molecule has 0 bridgehead atoms. The predicted octanol–water partition coefficient (Wildman–Crippen LogP) is 4.43. The topological polar surface area (TPSA) is 91.6 Å². The molecule has 0 amide bonds. The molecule has 0 aliphatic heterocycles. The molecular formula is C25H27FN6O2. The largest absolute Gasteiger partial charge is 0.337 e. The average molecular weight is 463 g/mol. The summed E-state index contributed by atoms with van der Waals surface area (Å²) in [5, 5.41) is 4.17. The molecule has 176 valence electrons. The lowest BCUT2D eigenvalue weighted by atomic mass is 9.98. The molecule has 2 aliphatic rings. The Labute approximate surface area is 196 Å². The van der Waals surface area contributed by atoms with Crippen LogP contribution in [0, 0.1) is 11.8 Å². The van der Waals surface area contributed by atoms with Gasteiger partial charge in [0.25, 0.3) is 5.56 Å². The molecule has 1 unspecified atom stereocenters. The zero-order valence-electron chi connectivity index (χ0n) is 19.6. The Bertz CT molecular complexity index is 1430. The first-order chi connectivity index (χ1) is 16.5. The predicted molar refractivity (Wildman–Crippen MR) is 126 cm³/mol. The van der Waals surface area contributed by atoms with Crippen molar-refractivity contribution in [1.29, 1.82) is 0 Å². The van der Waals surface area contributed by atoms with Crippen LogP contribution in [0.25, 0.3) is 16.7 Å². The first kappa shape index (κ1) is 22.2. The molecule has 0 radical (unpaired) electrons. The summed E-state index contributed by atoms with van der Waals surface area (Å²) in [5.74, 6) is 2.10. The number of fused-ring (bicyclic) bond motifs is 2. The van der Waals surface area contributed by atoms with Gasteiger partial charge in [0.1, 0.15) is 19.0 Å². The fraction of sp³-hybridized carbons (Fsp3) is 0.400. The molecule has 1 saturated carbocycles. The Hall–Kier alpha value is -3.62. The van der Waals surface area contributed by atoms with E-state index in [1.165, 1.54) is 16.5 Å². The van der Waals surface area contributed by atoms with Gasteiger partial charge in [-0.2, -0.15) is 4.98 Å². The second-order valence-electron chi connectivity index (χ2n) is 8.66. The highest BCUT2D eigenvalue weighted by Gasteiger charge is 2.55. The fourth-order valence-corrected chi connectivity index (χ4v) is 4.81. The fourth-order valence-electron chi connectivity index (χ4n) is 4.81. The number of hydrogen-bond donors (Lipinski definition) is 0. The molecule has 1 fully saturated rings. The van der Waals surface area contributed by atoms with E-state index in [-0.39, 0.29) is 18.0 Å². The number of imidazole rings is 1. The van der Waals surface area contributed by atoms with Crippen LogP contribution < -0.4 is 5.56 Å². The maximum atomic E-state index is 13.7. The van der Waals surface area contributed by atoms with Crippen molar-refractivity contribution in [3.8, 4) is 0 Å². The van der Waals surface area contributed by atoms with Crippen LogP contribution in [0.4, 0.5) is 4.39 Å². The molecule has 34 heavy (non-hydrogen) atoms. The van der Waals surface area contributed by atoms with Gasteiger partial charge >= 0.3 is 0 Å². The van der Waals surface area contributed by atoms with Crippen molar-refractivity contribution >= 4 is 16.7 Å². The molecule has 3 aromatic heterocycles. The molecule has 4 aromatic rings. The van der Waals surface area contributed by atoms with Crippen molar-refractivity contribution in [2.24, 2.45) is 18.9 Å². The Morgan fingerprint density at radius 3 is 2.76 bits per heavy atom. The maximum absolute atomic E-state index is 13.7. The Kier molecular flexibility index (Phi) is 5.63. The summed E-state index contributed by atoms with van der Waals surface area (Å²) in [6.07, 6.45) is 5.23. The number of rotatable bonds is 5. The molecule has 4 atom stereocenters. The van der Waals surface area contributed by atoms with Crippen LogP contribution in [0.1, 0.15) is 62.1 Å². The summed E-state index contributed by atoms with van der Waals surface area (Å²) in [4.78, 5) is 25.6. The van der Waals surface area contributed by atoms with Gasteiger partial charge in [-0.1, -0.05) is 43.3 Å². The van der Waals surface area contributed by atoms with Crippen molar-refractivity contribution in [3.05, 3.63) is 76.2 Å². The lowest BCUT2D eigenvalue weighted by Crippen LogP contribution is -2.22.